The van der Waals surface area contributed by atoms with Crippen LogP contribution in [0.2, 0.25) is 0 Å². The van der Waals surface area contributed by atoms with Crippen molar-refractivity contribution < 1.29 is 14.3 Å². The minimum atomic E-state index is 0.288. The third kappa shape index (κ3) is 16.8. The molecule has 0 spiro atoms. The van der Waals surface area contributed by atoms with Gasteiger partial charge in [-0.1, -0.05) is 70.6 Å². The first-order valence-electron chi connectivity index (χ1n) is 10.0. The van der Waals surface area contributed by atoms with E-state index < -0.39 is 0 Å². The minimum Gasteiger partial charge on any atom is -0.379 e. The molecule has 0 aromatic rings. The Morgan fingerprint density at radius 3 is 2.17 bits per heavy atom. The molecule has 0 amide bonds. The van der Waals surface area contributed by atoms with Gasteiger partial charge in [-0.2, -0.15) is 0 Å². The van der Waals surface area contributed by atoms with E-state index in [1.165, 1.54) is 56.7 Å². The number of hydrogen-bond acceptors (Lipinski definition) is 4. The second kappa shape index (κ2) is 19.3. The summed E-state index contributed by atoms with van der Waals surface area (Å²) >= 11 is 1.33. The highest BCUT2D eigenvalue weighted by molar-refractivity contribution is 8.13. The average molecular weight is 361 g/mol. The fourth-order valence-corrected chi connectivity index (χ4v) is 3.08. The highest BCUT2D eigenvalue weighted by Gasteiger charge is 2.10. The van der Waals surface area contributed by atoms with E-state index in [2.05, 4.69) is 13.8 Å². The number of rotatable bonds is 18. The summed E-state index contributed by atoms with van der Waals surface area (Å²) in [5.74, 6) is 0. The predicted octanol–water partition coefficient (Wildman–Crippen LogP) is 6.00. The molecule has 0 saturated heterocycles. The van der Waals surface area contributed by atoms with Crippen molar-refractivity contribution >= 4 is 16.9 Å². The molecule has 0 rings (SSSR count). The zero-order valence-electron chi connectivity index (χ0n) is 16.3. The molecule has 24 heavy (non-hydrogen) atoms. The van der Waals surface area contributed by atoms with Crippen molar-refractivity contribution in [1.82, 2.24) is 0 Å². The lowest BCUT2D eigenvalue weighted by Crippen LogP contribution is -2.17. The Labute approximate surface area is 154 Å². The molecule has 0 heterocycles. The van der Waals surface area contributed by atoms with E-state index >= 15 is 0 Å². The first-order valence-corrected chi connectivity index (χ1v) is 11.2. The zero-order chi connectivity index (χ0) is 17.9. The number of carbonyl (C=O) groups is 1. The molecule has 0 fully saturated rings. The van der Waals surface area contributed by atoms with E-state index in [1.807, 2.05) is 6.26 Å². The van der Waals surface area contributed by atoms with Crippen LogP contribution in [0.3, 0.4) is 0 Å². The topological polar surface area (TPSA) is 35.5 Å². The molecule has 144 valence electrons. The molecule has 1 atom stereocenters. The largest absolute Gasteiger partial charge is 0.379 e. The summed E-state index contributed by atoms with van der Waals surface area (Å²) in [6.07, 6.45) is 16.2. The van der Waals surface area contributed by atoms with Crippen LogP contribution in [-0.4, -0.2) is 37.3 Å². The van der Waals surface area contributed by atoms with Crippen LogP contribution >= 0.6 is 11.8 Å². The van der Waals surface area contributed by atoms with Crippen molar-refractivity contribution in [3.63, 3.8) is 0 Å². The molecule has 1 unspecified atom stereocenters. The Bertz CT molecular complexity index is 272. The normalized spacial score (nSPS) is 12.5. The van der Waals surface area contributed by atoms with Crippen LogP contribution in [0.4, 0.5) is 0 Å². The molecule has 0 N–H and O–H groups in total. The van der Waals surface area contributed by atoms with Crippen LogP contribution in [-0.2, 0) is 14.3 Å². The summed E-state index contributed by atoms with van der Waals surface area (Å²) in [6, 6.07) is 0. The van der Waals surface area contributed by atoms with Gasteiger partial charge in [-0.25, -0.2) is 0 Å². The summed E-state index contributed by atoms with van der Waals surface area (Å²) in [7, 11) is 0. The second-order valence-electron chi connectivity index (χ2n) is 6.48. The summed E-state index contributed by atoms with van der Waals surface area (Å²) < 4.78 is 11.5. The molecule has 0 aliphatic carbocycles. The van der Waals surface area contributed by atoms with E-state index in [1.54, 1.807) is 0 Å². The Kier molecular flexibility index (Phi) is 19.2. The van der Waals surface area contributed by atoms with Crippen molar-refractivity contribution in [2.75, 3.05) is 26.1 Å². The van der Waals surface area contributed by atoms with Gasteiger partial charge in [-0.05, 0) is 31.9 Å². The maximum absolute atomic E-state index is 11.4. The summed E-state index contributed by atoms with van der Waals surface area (Å²) in [4.78, 5) is 11.4. The highest BCUT2D eigenvalue weighted by atomic mass is 32.2. The fourth-order valence-electron chi connectivity index (χ4n) is 2.74. The van der Waals surface area contributed by atoms with Crippen molar-refractivity contribution in [2.45, 2.75) is 97.0 Å². The van der Waals surface area contributed by atoms with Gasteiger partial charge in [0.15, 0.2) is 5.12 Å². The van der Waals surface area contributed by atoms with Gasteiger partial charge in [0.25, 0.3) is 0 Å². The van der Waals surface area contributed by atoms with Gasteiger partial charge in [-0.15, -0.1) is 0 Å². The van der Waals surface area contributed by atoms with Gasteiger partial charge in [0, 0.05) is 13.0 Å². The van der Waals surface area contributed by atoms with Crippen molar-refractivity contribution in [1.29, 1.82) is 0 Å². The second-order valence-corrected chi connectivity index (χ2v) is 7.35. The fraction of sp³-hybridized carbons (Fsp3) is 0.950. The molecule has 0 radical (unpaired) electrons. The minimum absolute atomic E-state index is 0.288. The van der Waals surface area contributed by atoms with Gasteiger partial charge in [0.1, 0.15) is 0 Å². The van der Waals surface area contributed by atoms with E-state index in [-0.39, 0.29) is 5.12 Å². The molecular formula is C20H40O3S. The lowest BCUT2D eigenvalue weighted by molar-refractivity contribution is -0.111. The van der Waals surface area contributed by atoms with E-state index in [9.17, 15) is 4.79 Å². The highest BCUT2D eigenvalue weighted by Crippen LogP contribution is 2.16. The molecule has 0 aliphatic rings. The predicted molar refractivity (Wildman–Crippen MR) is 106 cm³/mol. The average Bonchev–Trinajstić information content (AvgIpc) is 2.59. The summed E-state index contributed by atoms with van der Waals surface area (Å²) in [6.45, 7) is 6.55. The zero-order valence-corrected chi connectivity index (χ0v) is 17.1. The van der Waals surface area contributed by atoms with Gasteiger partial charge < -0.3 is 9.47 Å². The number of ether oxygens (including phenoxy) is 2. The first kappa shape index (κ1) is 23.9. The van der Waals surface area contributed by atoms with E-state index in [0.29, 0.717) is 25.7 Å². The van der Waals surface area contributed by atoms with Gasteiger partial charge in [-0.3, -0.25) is 4.79 Å². The van der Waals surface area contributed by atoms with Crippen LogP contribution in [0.25, 0.3) is 0 Å². The summed E-state index contributed by atoms with van der Waals surface area (Å²) in [5, 5.41) is 0.288. The molecule has 0 aliphatic heterocycles. The Hall–Kier alpha value is -0.0600. The lowest BCUT2D eigenvalue weighted by atomic mass is 10.0. The number of thioether (sulfide) groups is 1. The SMILES string of the molecule is CCCCCCCCCC(CCCC(=O)SC)OCCOCCC. The molecule has 3 nitrogen and oxygen atoms in total. The van der Waals surface area contributed by atoms with Crippen LogP contribution in [0.1, 0.15) is 90.9 Å². The van der Waals surface area contributed by atoms with Gasteiger partial charge in [0.05, 0.1) is 19.3 Å². The molecule has 0 bridgehead atoms. The Balaban J connectivity index is 3.82. The number of unbranched alkanes of at least 4 members (excludes halogenated alkanes) is 6. The maximum Gasteiger partial charge on any atom is 0.188 e. The van der Waals surface area contributed by atoms with E-state index in [4.69, 9.17) is 9.47 Å². The number of hydrogen-bond donors (Lipinski definition) is 0. The van der Waals surface area contributed by atoms with E-state index in [0.717, 1.165) is 32.3 Å². The smallest absolute Gasteiger partial charge is 0.188 e. The third-order valence-corrected chi connectivity index (χ3v) is 4.85. The molecule has 0 aromatic carbocycles. The van der Waals surface area contributed by atoms with Gasteiger partial charge in [0.2, 0.25) is 0 Å². The van der Waals surface area contributed by atoms with Crippen LogP contribution in [0, 0.1) is 0 Å². The van der Waals surface area contributed by atoms with Crippen LogP contribution in [0.5, 0.6) is 0 Å². The van der Waals surface area contributed by atoms with Crippen molar-refractivity contribution in [3.05, 3.63) is 0 Å². The molecular weight excluding hydrogens is 320 g/mol. The lowest BCUT2D eigenvalue weighted by Gasteiger charge is -2.18. The summed E-state index contributed by atoms with van der Waals surface area (Å²) in [5.41, 5.74) is 0. The Morgan fingerprint density at radius 1 is 0.833 bits per heavy atom. The first-order chi connectivity index (χ1) is 11.7. The van der Waals surface area contributed by atoms with Crippen LogP contribution < -0.4 is 0 Å². The monoisotopic (exact) mass is 360 g/mol. The quantitative estimate of drug-likeness (QED) is 0.281. The third-order valence-electron chi connectivity index (χ3n) is 4.19. The van der Waals surface area contributed by atoms with Crippen molar-refractivity contribution in [2.24, 2.45) is 0 Å². The van der Waals surface area contributed by atoms with Crippen molar-refractivity contribution in [3.8, 4) is 0 Å². The maximum atomic E-state index is 11.4. The Morgan fingerprint density at radius 2 is 1.50 bits per heavy atom. The molecule has 0 aromatic heterocycles. The standard InChI is InChI=1S/C20H40O3S/c1-4-6-7-8-9-10-11-13-19(14-12-15-20(21)24-3)23-18-17-22-16-5-2/h19H,4-18H2,1-3H3. The van der Waals surface area contributed by atoms with Crippen LogP contribution in [0.15, 0.2) is 0 Å². The molecule has 0 saturated carbocycles. The van der Waals surface area contributed by atoms with Gasteiger partial charge >= 0.3 is 0 Å². The number of carbonyl (C=O) groups excluding carboxylic acids is 1. The molecule has 4 heteroatoms.